The zero-order valence-corrected chi connectivity index (χ0v) is 22.5. The van der Waals surface area contributed by atoms with E-state index < -0.39 is 5.66 Å². The minimum absolute atomic E-state index is 0.106. The maximum Gasteiger partial charge on any atom is 0.227 e. The third-order valence-electron chi connectivity index (χ3n) is 8.47. The van der Waals surface area contributed by atoms with Gasteiger partial charge in [0.2, 0.25) is 5.91 Å². The molecule has 2 aromatic carbocycles. The maximum atomic E-state index is 14.2. The van der Waals surface area contributed by atoms with Crippen LogP contribution < -0.4 is 20.7 Å². The van der Waals surface area contributed by atoms with Crippen molar-refractivity contribution in [3.05, 3.63) is 52.8 Å². The Bertz CT molecular complexity index is 1100. The lowest BCUT2D eigenvalue weighted by Crippen LogP contribution is -2.59. The van der Waals surface area contributed by atoms with Gasteiger partial charge < -0.3 is 20.7 Å². The van der Waals surface area contributed by atoms with Gasteiger partial charge in [0.05, 0.1) is 23.9 Å². The highest BCUT2D eigenvalue weighted by molar-refractivity contribution is 6.30. The van der Waals surface area contributed by atoms with E-state index in [0.29, 0.717) is 23.7 Å². The molecular formula is C30H39ClFN3O2. The molecule has 7 heteroatoms. The second-order valence-corrected chi connectivity index (χ2v) is 11.6. The number of anilines is 2. The van der Waals surface area contributed by atoms with Crippen LogP contribution in [0.3, 0.4) is 0 Å². The molecule has 0 bridgehead atoms. The lowest BCUT2D eigenvalue weighted by Gasteiger charge is -2.43. The molecule has 200 valence electrons. The second-order valence-electron chi connectivity index (χ2n) is 11.1. The Labute approximate surface area is 224 Å². The van der Waals surface area contributed by atoms with E-state index >= 15 is 0 Å². The van der Waals surface area contributed by atoms with Gasteiger partial charge in [-0.2, -0.15) is 0 Å². The number of ether oxygens (including phenoxy) is 1. The van der Waals surface area contributed by atoms with Crippen molar-refractivity contribution in [2.45, 2.75) is 89.3 Å². The van der Waals surface area contributed by atoms with E-state index in [2.05, 4.69) is 16.0 Å². The van der Waals surface area contributed by atoms with E-state index in [4.69, 9.17) is 16.3 Å². The first-order valence-electron chi connectivity index (χ1n) is 14.0. The number of carbonyl (C=O) groups excluding carboxylic acids is 1. The van der Waals surface area contributed by atoms with Crippen molar-refractivity contribution in [3.63, 3.8) is 0 Å². The van der Waals surface area contributed by atoms with Crippen molar-refractivity contribution in [3.8, 4) is 5.75 Å². The van der Waals surface area contributed by atoms with Gasteiger partial charge in [-0.25, -0.2) is 4.39 Å². The van der Waals surface area contributed by atoms with Crippen LogP contribution in [0.1, 0.15) is 76.2 Å². The number of fused-ring (bicyclic) bond motifs is 1. The van der Waals surface area contributed by atoms with Gasteiger partial charge in [-0.05, 0) is 80.5 Å². The molecule has 1 aliphatic heterocycles. The predicted octanol–water partition coefficient (Wildman–Crippen LogP) is 7.44. The number of nitrogens with one attached hydrogen (secondary N) is 3. The molecule has 2 aliphatic carbocycles. The highest BCUT2D eigenvalue weighted by atomic mass is 35.5. The Kier molecular flexibility index (Phi) is 8.13. The monoisotopic (exact) mass is 527 g/mol. The van der Waals surface area contributed by atoms with Crippen molar-refractivity contribution in [2.75, 3.05) is 17.2 Å². The molecule has 0 radical (unpaired) electrons. The van der Waals surface area contributed by atoms with Gasteiger partial charge in [0.25, 0.3) is 0 Å². The summed E-state index contributed by atoms with van der Waals surface area (Å²) >= 11 is 6.13. The first kappa shape index (κ1) is 26.1. The van der Waals surface area contributed by atoms with Gasteiger partial charge in [0.1, 0.15) is 17.2 Å². The number of benzene rings is 2. The third-order valence-corrected chi connectivity index (χ3v) is 8.71. The number of aryl methyl sites for hydroxylation is 1. The summed E-state index contributed by atoms with van der Waals surface area (Å²) in [5.41, 5.74) is 1.74. The summed E-state index contributed by atoms with van der Waals surface area (Å²) in [7, 11) is 0. The number of rotatable bonds is 8. The van der Waals surface area contributed by atoms with E-state index in [0.717, 1.165) is 55.5 Å². The zero-order valence-electron chi connectivity index (χ0n) is 21.8. The van der Waals surface area contributed by atoms with Crippen molar-refractivity contribution in [2.24, 2.45) is 11.8 Å². The minimum Gasteiger partial charge on any atom is -0.493 e. The first-order valence-corrected chi connectivity index (χ1v) is 14.4. The van der Waals surface area contributed by atoms with E-state index in [1.807, 2.05) is 25.1 Å². The molecule has 2 atom stereocenters. The van der Waals surface area contributed by atoms with Gasteiger partial charge in [-0.3, -0.25) is 4.79 Å². The summed E-state index contributed by atoms with van der Waals surface area (Å²) < 4.78 is 20.4. The number of hydrogen-bond donors (Lipinski definition) is 3. The summed E-state index contributed by atoms with van der Waals surface area (Å²) in [4.78, 5) is 14.1. The van der Waals surface area contributed by atoms with Gasteiger partial charge >= 0.3 is 0 Å². The van der Waals surface area contributed by atoms with E-state index in [1.54, 1.807) is 6.07 Å². The molecule has 3 aliphatic rings. The summed E-state index contributed by atoms with van der Waals surface area (Å²) in [5.74, 6) is 0.531. The Morgan fingerprint density at radius 1 is 1.03 bits per heavy atom. The Morgan fingerprint density at radius 2 is 1.73 bits per heavy atom. The van der Waals surface area contributed by atoms with Crippen LogP contribution in [-0.4, -0.2) is 24.2 Å². The molecule has 0 saturated heterocycles. The van der Waals surface area contributed by atoms with Crippen molar-refractivity contribution in [1.82, 2.24) is 5.32 Å². The molecule has 37 heavy (non-hydrogen) atoms. The van der Waals surface area contributed by atoms with Crippen molar-refractivity contribution < 1.29 is 13.9 Å². The number of amides is 1. The van der Waals surface area contributed by atoms with Crippen LogP contribution in [0.5, 0.6) is 5.75 Å². The summed E-state index contributed by atoms with van der Waals surface area (Å²) in [5, 5.41) is 11.4. The van der Waals surface area contributed by atoms with Crippen LogP contribution in [0.2, 0.25) is 5.02 Å². The zero-order chi connectivity index (χ0) is 25.8. The molecule has 2 unspecified atom stereocenters. The van der Waals surface area contributed by atoms with Crippen LogP contribution in [0.4, 0.5) is 15.8 Å². The van der Waals surface area contributed by atoms with Gasteiger partial charge in [-0.1, -0.05) is 50.1 Å². The topological polar surface area (TPSA) is 62.4 Å². The Balaban J connectivity index is 1.43. The van der Waals surface area contributed by atoms with E-state index in [9.17, 15) is 9.18 Å². The van der Waals surface area contributed by atoms with Gasteiger partial charge in [0.15, 0.2) is 0 Å². The van der Waals surface area contributed by atoms with Gasteiger partial charge in [0, 0.05) is 17.5 Å². The molecule has 2 aromatic rings. The molecule has 3 N–H and O–H groups in total. The largest absolute Gasteiger partial charge is 0.493 e. The van der Waals surface area contributed by atoms with Crippen LogP contribution >= 0.6 is 11.6 Å². The Morgan fingerprint density at radius 3 is 2.46 bits per heavy atom. The maximum absolute atomic E-state index is 14.2. The smallest absolute Gasteiger partial charge is 0.227 e. The highest BCUT2D eigenvalue weighted by Crippen LogP contribution is 2.45. The normalized spacial score (nSPS) is 23.0. The fourth-order valence-corrected chi connectivity index (χ4v) is 6.85. The lowest BCUT2D eigenvalue weighted by atomic mass is 9.72. The van der Waals surface area contributed by atoms with Crippen molar-refractivity contribution in [1.29, 1.82) is 0 Å². The second kappa shape index (κ2) is 11.5. The average molecular weight is 528 g/mol. The van der Waals surface area contributed by atoms with Crippen molar-refractivity contribution >= 4 is 28.9 Å². The molecule has 0 aromatic heterocycles. The molecule has 5 nitrogen and oxygen atoms in total. The summed E-state index contributed by atoms with van der Waals surface area (Å²) in [6.07, 6.45) is 11.7. The van der Waals surface area contributed by atoms with E-state index in [1.165, 1.54) is 37.8 Å². The quantitative estimate of drug-likeness (QED) is 0.334. The fraction of sp³-hybridized carbons (Fsp3) is 0.567. The lowest BCUT2D eigenvalue weighted by molar-refractivity contribution is -0.130. The first-order chi connectivity index (χ1) is 17.9. The number of carbonyl (C=O) groups is 1. The molecular weight excluding hydrogens is 489 g/mol. The average Bonchev–Trinajstić information content (AvgIpc) is 3.24. The van der Waals surface area contributed by atoms with Crippen LogP contribution in [-0.2, 0) is 4.79 Å². The molecule has 5 rings (SSSR count). The standard InChI is InChI=1S/C30H39ClFN3O2/c1-20-18-22(31)12-15-27(20)37-17-16-30(34-25-14-13-23(32)19-26(25)35-30)28(21-8-4-2-5-9-21)29(36)33-24-10-6-3-7-11-24/h12-15,18-19,21,24,28,34-35H,2-11,16-17H2,1H3,(H,33,36). The molecule has 2 fully saturated rings. The SMILES string of the molecule is Cc1cc(Cl)ccc1OCCC1(C(C(=O)NC2CCCCC2)C2CCCCC2)Nc2ccc(F)cc2N1. The molecule has 0 spiro atoms. The predicted molar refractivity (Wildman–Crippen MR) is 148 cm³/mol. The third kappa shape index (κ3) is 6.00. The van der Waals surface area contributed by atoms with Crippen LogP contribution in [0, 0.1) is 24.6 Å². The number of halogens is 2. The number of hydrogen-bond acceptors (Lipinski definition) is 4. The Hall–Kier alpha value is -2.47. The molecule has 1 heterocycles. The molecule has 1 amide bonds. The summed E-state index contributed by atoms with van der Waals surface area (Å²) in [6, 6.07) is 10.6. The molecule has 2 saturated carbocycles. The van der Waals surface area contributed by atoms with E-state index in [-0.39, 0.29) is 29.6 Å². The fourth-order valence-electron chi connectivity index (χ4n) is 6.62. The van der Waals surface area contributed by atoms with Gasteiger partial charge in [-0.15, -0.1) is 0 Å². The minimum atomic E-state index is -0.767. The van der Waals surface area contributed by atoms with Crippen LogP contribution in [0.25, 0.3) is 0 Å². The van der Waals surface area contributed by atoms with Crippen LogP contribution in [0.15, 0.2) is 36.4 Å². The summed E-state index contributed by atoms with van der Waals surface area (Å²) in [6.45, 7) is 2.38. The highest BCUT2D eigenvalue weighted by Gasteiger charge is 2.50.